The van der Waals surface area contributed by atoms with E-state index in [4.69, 9.17) is 4.74 Å². The van der Waals surface area contributed by atoms with Crippen molar-refractivity contribution in [2.75, 3.05) is 0 Å². The van der Waals surface area contributed by atoms with Crippen LogP contribution in [-0.4, -0.2) is 34.0 Å². The van der Waals surface area contributed by atoms with E-state index in [-0.39, 0.29) is 11.9 Å². The number of fused-ring (bicyclic) bond motifs is 1. The van der Waals surface area contributed by atoms with Gasteiger partial charge in [0, 0.05) is 17.6 Å². The van der Waals surface area contributed by atoms with Crippen molar-refractivity contribution in [2.24, 2.45) is 16.7 Å². The first-order chi connectivity index (χ1) is 15.4. The maximum Gasteiger partial charge on any atom is 0.309 e. The van der Waals surface area contributed by atoms with E-state index in [9.17, 15) is 24.6 Å². The van der Waals surface area contributed by atoms with Crippen LogP contribution in [0.1, 0.15) is 79.1 Å². The molecule has 6 nitrogen and oxygen atoms in total. The van der Waals surface area contributed by atoms with Gasteiger partial charge in [0.1, 0.15) is 5.76 Å². The number of carboxylic acids is 2. The molecule has 2 unspecified atom stereocenters. The van der Waals surface area contributed by atoms with Gasteiger partial charge in [-0.25, -0.2) is 0 Å². The highest BCUT2D eigenvalue weighted by atomic mass is 16.6. The fraction of sp³-hybridized carbons (Fsp3) is 0.593. The fourth-order valence-corrected chi connectivity index (χ4v) is 4.43. The minimum Gasteiger partial charge on any atom is -0.481 e. The molecule has 0 radical (unpaired) electrons. The van der Waals surface area contributed by atoms with Gasteiger partial charge >= 0.3 is 11.9 Å². The molecule has 33 heavy (non-hydrogen) atoms. The molecule has 3 aliphatic rings. The van der Waals surface area contributed by atoms with Crippen LogP contribution in [0.5, 0.6) is 0 Å². The Labute approximate surface area is 196 Å². The van der Waals surface area contributed by atoms with Gasteiger partial charge < -0.3 is 14.9 Å². The predicted octanol–water partition coefficient (Wildman–Crippen LogP) is 5.60. The molecule has 1 saturated heterocycles. The number of Topliss-reactive ketones (excluding diaryl/α,β-unsaturated/α-hetero) is 1. The number of epoxide rings is 1. The van der Waals surface area contributed by atoms with Gasteiger partial charge in [-0.2, -0.15) is 0 Å². The van der Waals surface area contributed by atoms with E-state index in [1.54, 1.807) is 27.7 Å². The summed E-state index contributed by atoms with van der Waals surface area (Å²) in [5.74, 6) is -0.256. The average molecular weight is 457 g/mol. The Balaban J connectivity index is 1.44. The van der Waals surface area contributed by atoms with Crippen molar-refractivity contribution in [1.82, 2.24) is 0 Å². The lowest BCUT2D eigenvalue weighted by molar-refractivity contribution is -0.148. The van der Waals surface area contributed by atoms with Crippen molar-refractivity contribution in [1.29, 1.82) is 0 Å². The Bertz CT molecular complexity index is 944. The molecule has 0 amide bonds. The summed E-state index contributed by atoms with van der Waals surface area (Å²) in [7, 11) is 0. The summed E-state index contributed by atoms with van der Waals surface area (Å²) in [5.41, 5.74) is 1.40. The maximum absolute atomic E-state index is 12.9. The highest BCUT2D eigenvalue weighted by Gasteiger charge is 2.42. The number of rotatable bonds is 14. The molecule has 0 spiro atoms. The smallest absolute Gasteiger partial charge is 0.309 e. The predicted molar refractivity (Wildman–Crippen MR) is 125 cm³/mol. The van der Waals surface area contributed by atoms with E-state index in [0.29, 0.717) is 44.4 Å². The summed E-state index contributed by atoms with van der Waals surface area (Å²) in [6.45, 7) is 6.97. The third-order valence-electron chi connectivity index (χ3n) is 7.05. The van der Waals surface area contributed by atoms with Gasteiger partial charge in [0.2, 0.25) is 0 Å². The quantitative estimate of drug-likeness (QED) is 0.330. The van der Waals surface area contributed by atoms with Crippen LogP contribution in [0.15, 0.2) is 46.8 Å². The van der Waals surface area contributed by atoms with Crippen LogP contribution in [0.3, 0.4) is 0 Å². The summed E-state index contributed by atoms with van der Waals surface area (Å²) in [4.78, 5) is 35.5. The molecule has 3 rings (SSSR count). The number of carbonyl (C=O) groups is 3. The Morgan fingerprint density at radius 3 is 2.21 bits per heavy atom. The highest BCUT2D eigenvalue weighted by molar-refractivity contribution is 6.01. The second-order valence-corrected chi connectivity index (χ2v) is 10.8. The SMILES string of the molecule is CC(C)(CCCC1=C2OC2C=C1C(=O)CCC1=CC(CCCC(C)(C)C(=O)O)C=C1)C(=O)O. The summed E-state index contributed by atoms with van der Waals surface area (Å²) < 4.78 is 5.52. The largest absolute Gasteiger partial charge is 0.481 e. The zero-order valence-electron chi connectivity index (χ0n) is 20.1. The van der Waals surface area contributed by atoms with Crippen molar-refractivity contribution < 1.29 is 29.3 Å². The number of allylic oxidation sites excluding steroid dienone is 6. The van der Waals surface area contributed by atoms with Crippen LogP contribution in [0.25, 0.3) is 0 Å². The lowest BCUT2D eigenvalue weighted by Crippen LogP contribution is -2.23. The molecule has 1 heterocycles. The first-order valence-electron chi connectivity index (χ1n) is 11.9. The van der Waals surface area contributed by atoms with Gasteiger partial charge in [-0.1, -0.05) is 30.2 Å². The van der Waals surface area contributed by atoms with Crippen molar-refractivity contribution in [3.05, 3.63) is 46.8 Å². The van der Waals surface area contributed by atoms with Crippen molar-refractivity contribution in [2.45, 2.75) is 85.2 Å². The first-order valence-corrected chi connectivity index (χ1v) is 11.9. The van der Waals surface area contributed by atoms with E-state index in [1.807, 2.05) is 6.08 Å². The molecule has 2 atom stereocenters. The molecule has 0 bridgehead atoms. The number of ketones is 1. The van der Waals surface area contributed by atoms with Crippen molar-refractivity contribution in [3.63, 3.8) is 0 Å². The second kappa shape index (κ2) is 9.70. The van der Waals surface area contributed by atoms with E-state index < -0.39 is 22.8 Å². The Morgan fingerprint density at radius 1 is 0.939 bits per heavy atom. The van der Waals surface area contributed by atoms with Crippen LogP contribution in [0, 0.1) is 16.7 Å². The zero-order chi connectivity index (χ0) is 24.4. The lowest BCUT2D eigenvalue weighted by atomic mass is 9.85. The lowest BCUT2D eigenvalue weighted by Gasteiger charge is -2.19. The van der Waals surface area contributed by atoms with E-state index in [0.717, 1.165) is 35.3 Å². The topological polar surface area (TPSA) is 104 Å². The molecule has 2 N–H and O–H groups in total. The van der Waals surface area contributed by atoms with Gasteiger partial charge in [-0.3, -0.25) is 14.4 Å². The second-order valence-electron chi connectivity index (χ2n) is 10.8. The minimum absolute atomic E-state index is 0.0588. The maximum atomic E-state index is 12.9. The van der Waals surface area contributed by atoms with Gasteiger partial charge in [0.05, 0.1) is 10.8 Å². The standard InChI is InChI=1S/C27H36O6/c1-26(2,24(29)30)13-5-7-17-9-10-18(15-17)11-12-21(28)20-16-22-23(33-22)19(20)8-6-14-27(3,4)25(31)32/h9-10,15-17,22H,5-8,11-14H2,1-4H3,(H,29,30)(H,31,32). The van der Waals surface area contributed by atoms with Crippen molar-refractivity contribution in [3.8, 4) is 0 Å². The fourth-order valence-electron chi connectivity index (χ4n) is 4.43. The molecule has 1 aliphatic heterocycles. The van der Waals surface area contributed by atoms with Gasteiger partial charge in [0.15, 0.2) is 11.9 Å². The number of ether oxygens (including phenoxy) is 1. The van der Waals surface area contributed by atoms with Crippen LogP contribution in [0.4, 0.5) is 0 Å². The first kappa shape index (κ1) is 25.0. The summed E-state index contributed by atoms with van der Waals surface area (Å²) >= 11 is 0. The average Bonchev–Trinajstić information content (AvgIpc) is 3.19. The van der Waals surface area contributed by atoms with E-state index in [2.05, 4.69) is 18.2 Å². The molecule has 0 saturated carbocycles. The van der Waals surface area contributed by atoms with Gasteiger partial charge in [-0.15, -0.1) is 0 Å². The molecular weight excluding hydrogens is 420 g/mol. The summed E-state index contributed by atoms with van der Waals surface area (Å²) in [6, 6.07) is 0. The molecule has 0 aromatic heterocycles. The van der Waals surface area contributed by atoms with Crippen LogP contribution in [0.2, 0.25) is 0 Å². The Kier molecular flexibility index (Phi) is 7.35. The third kappa shape index (κ3) is 6.24. The summed E-state index contributed by atoms with van der Waals surface area (Å²) in [6.07, 6.45) is 13.7. The molecule has 0 aromatic rings. The van der Waals surface area contributed by atoms with Crippen LogP contribution < -0.4 is 0 Å². The third-order valence-corrected chi connectivity index (χ3v) is 7.05. The molecule has 180 valence electrons. The molecule has 1 fully saturated rings. The van der Waals surface area contributed by atoms with Crippen LogP contribution >= 0.6 is 0 Å². The monoisotopic (exact) mass is 456 g/mol. The van der Waals surface area contributed by atoms with Crippen LogP contribution in [-0.2, 0) is 19.1 Å². The number of carbonyl (C=O) groups excluding carboxylic acids is 1. The molecular formula is C27H36O6. The minimum atomic E-state index is -0.805. The van der Waals surface area contributed by atoms with E-state index in [1.165, 1.54) is 0 Å². The Morgan fingerprint density at radius 2 is 1.58 bits per heavy atom. The van der Waals surface area contributed by atoms with E-state index >= 15 is 0 Å². The number of hydrogen-bond donors (Lipinski definition) is 2. The normalized spacial score (nSPS) is 21.5. The van der Waals surface area contributed by atoms with Gasteiger partial charge in [0.25, 0.3) is 0 Å². The number of aliphatic carboxylic acids is 2. The summed E-state index contributed by atoms with van der Waals surface area (Å²) in [5, 5.41) is 18.5. The highest BCUT2D eigenvalue weighted by Crippen LogP contribution is 2.45. The number of hydrogen-bond acceptors (Lipinski definition) is 4. The Hall–Kier alpha value is -2.63. The molecule has 0 aromatic carbocycles. The molecule has 6 heteroatoms. The molecule has 2 aliphatic carbocycles. The van der Waals surface area contributed by atoms with Gasteiger partial charge in [-0.05, 0) is 78.2 Å². The number of carboxylic acid groups (broad SMARTS) is 2. The van der Waals surface area contributed by atoms with Crippen molar-refractivity contribution >= 4 is 17.7 Å². The zero-order valence-corrected chi connectivity index (χ0v) is 20.1.